The summed E-state index contributed by atoms with van der Waals surface area (Å²) in [5.41, 5.74) is 0. The van der Waals surface area contributed by atoms with Crippen LogP contribution in [0.15, 0.2) is 0 Å². The van der Waals surface area contributed by atoms with Crippen LogP contribution >= 0.6 is 11.8 Å². The van der Waals surface area contributed by atoms with Gasteiger partial charge in [-0.1, -0.05) is 6.92 Å². The van der Waals surface area contributed by atoms with E-state index in [0.29, 0.717) is 6.54 Å². The number of nitrogens with one attached hydrogen (secondary N) is 1. The zero-order valence-electron chi connectivity index (χ0n) is 8.89. The maximum atomic E-state index is 11.3. The lowest BCUT2D eigenvalue weighted by atomic mass is 10.2. The summed E-state index contributed by atoms with van der Waals surface area (Å²) in [6.07, 6.45) is 1.60. The van der Waals surface area contributed by atoms with Crippen molar-refractivity contribution in [2.45, 2.75) is 13.3 Å². The number of carbonyl (C=O) groups is 1. The van der Waals surface area contributed by atoms with Gasteiger partial charge in [0.15, 0.2) is 0 Å². The summed E-state index contributed by atoms with van der Waals surface area (Å²) in [6, 6.07) is 0. The Labute approximate surface area is 94.7 Å². The van der Waals surface area contributed by atoms with Crippen LogP contribution in [0.1, 0.15) is 13.3 Å². The third-order valence-corrected chi connectivity index (χ3v) is 3.94. The number of carboxylic acid groups (broad SMARTS) is 1. The molecule has 0 rings (SSSR count). The minimum atomic E-state index is -3.43. The monoisotopic (exact) mass is 255 g/mol. The highest BCUT2D eigenvalue weighted by Crippen LogP contribution is 2.03. The van der Waals surface area contributed by atoms with E-state index < -0.39 is 16.0 Å². The fraction of sp³-hybridized carbons (Fsp3) is 0.875. The molecule has 0 heterocycles. The molecule has 0 aromatic heterocycles. The van der Waals surface area contributed by atoms with Gasteiger partial charge >= 0.3 is 5.97 Å². The zero-order valence-corrected chi connectivity index (χ0v) is 10.5. The van der Waals surface area contributed by atoms with E-state index in [4.69, 9.17) is 5.11 Å². The molecule has 2 N–H and O–H groups in total. The first-order valence-corrected chi connectivity index (χ1v) is 7.60. The summed E-state index contributed by atoms with van der Waals surface area (Å²) < 4.78 is 24.9. The second-order valence-electron chi connectivity index (χ2n) is 3.37. The minimum absolute atomic E-state index is 0.250. The highest BCUT2D eigenvalue weighted by Gasteiger charge is 2.13. The molecule has 1 unspecified atom stereocenters. The van der Waals surface area contributed by atoms with Crippen molar-refractivity contribution >= 4 is 27.8 Å². The number of aliphatic carboxylic acids is 1. The lowest BCUT2D eigenvalue weighted by Gasteiger charge is -2.10. The highest BCUT2D eigenvalue weighted by molar-refractivity contribution is 7.98. The molecule has 0 spiro atoms. The van der Waals surface area contributed by atoms with Gasteiger partial charge in [0.2, 0.25) is 10.0 Å². The molecule has 0 saturated heterocycles. The number of hydrogen-bond donors (Lipinski definition) is 2. The topological polar surface area (TPSA) is 83.5 Å². The molecule has 0 aliphatic heterocycles. The van der Waals surface area contributed by atoms with E-state index in [1.807, 2.05) is 13.2 Å². The van der Waals surface area contributed by atoms with Gasteiger partial charge in [0.1, 0.15) is 0 Å². The van der Waals surface area contributed by atoms with E-state index in [9.17, 15) is 13.2 Å². The fourth-order valence-electron chi connectivity index (χ4n) is 0.907. The van der Waals surface area contributed by atoms with Gasteiger partial charge < -0.3 is 5.11 Å². The van der Waals surface area contributed by atoms with Crippen LogP contribution in [0.3, 0.4) is 0 Å². The molecule has 0 aliphatic rings. The Morgan fingerprint density at radius 1 is 1.53 bits per heavy atom. The smallest absolute Gasteiger partial charge is 0.304 e. The van der Waals surface area contributed by atoms with E-state index in [-0.39, 0.29) is 18.1 Å². The Bertz CT molecular complexity index is 289. The molecular formula is C8H17NO4S2. The molecule has 0 saturated carbocycles. The van der Waals surface area contributed by atoms with Crippen molar-refractivity contribution in [3.8, 4) is 0 Å². The molecule has 0 bridgehead atoms. The standard InChI is InChI=1S/C8H17NO4S2/c1-7(6-14-2)5-9-15(12,13)4-3-8(10)11/h7,9H,3-6H2,1-2H3,(H,10,11). The first-order valence-electron chi connectivity index (χ1n) is 4.55. The lowest BCUT2D eigenvalue weighted by molar-refractivity contribution is -0.136. The van der Waals surface area contributed by atoms with Crippen LogP contribution < -0.4 is 4.72 Å². The lowest BCUT2D eigenvalue weighted by Crippen LogP contribution is -2.31. The fourth-order valence-corrected chi connectivity index (χ4v) is 2.72. The number of hydrogen-bond acceptors (Lipinski definition) is 4. The second kappa shape index (κ2) is 7.08. The van der Waals surface area contributed by atoms with Gasteiger partial charge in [-0.2, -0.15) is 11.8 Å². The summed E-state index contributed by atoms with van der Waals surface area (Å²) in [4.78, 5) is 10.2. The second-order valence-corrected chi connectivity index (χ2v) is 6.21. The molecule has 0 fully saturated rings. The quantitative estimate of drug-likeness (QED) is 0.655. The third kappa shape index (κ3) is 8.71. The van der Waals surface area contributed by atoms with Crippen molar-refractivity contribution < 1.29 is 18.3 Å². The molecule has 0 aliphatic carbocycles. The Morgan fingerprint density at radius 2 is 2.13 bits per heavy atom. The Hall–Kier alpha value is -0.270. The summed E-state index contributed by atoms with van der Waals surface area (Å²) in [6.45, 7) is 2.30. The number of carboxylic acids is 1. The Balaban J connectivity index is 3.88. The van der Waals surface area contributed by atoms with Crippen LogP contribution in [0.25, 0.3) is 0 Å². The highest BCUT2D eigenvalue weighted by atomic mass is 32.2. The predicted octanol–water partition coefficient (Wildman–Crippen LogP) is 0.380. The van der Waals surface area contributed by atoms with Crippen LogP contribution in [0.2, 0.25) is 0 Å². The molecule has 0 radical (unpaired) electrons. The average molecular weight is 255 g/mol. The molecule has 5 nitrogen and oxygen atoms in total. The van der Waals surface area contributed by atoms with Crippen molar-refractivity contribution in [2.75, 3.05) is 24.3 Å². The summed E-state index contributed by atoms with van der Waals surface area (Å²) in [5, 5.41) is 8.34. The van der Waals surface area contributed by atoms with Crippen LogP contribution in [0, 0.1) is 5.92 Å². The van der Waals surface area contributed by atoms with Crippen molar-refractivity contribution in [1.82, 2.24) is 4.72 Å². The van der Waals surface area contributed by atoms with Crippen LogP contribution in [-0.2, 0) is 14.8 Å². The Kier molecular flexibility index (Phi) is 6.95. The van der Waals surface area contributed by atoms with E-state index >= 15 is 0 Å². The van der Waals surface area contributed by atoms with Gasteiger partial charge in [0.25, 0.3) is 0 Å². The number of rotatable bonds is 8. The normalized spacial score (nSPS) is 13.7. The van der Waals surface area contributed by atoms with Crippen molar-refractivity contribution in [3.05, 3.63) is 0 Å². The van der Waals surface area contributed by atoms with E-state index in [1.165, 1.54) is 0 Å². The van der Waals surface area contributed by atoms with Crippen LogP contribution in [-0.4, -0.2) is 43.8 Å². The van der Waals surface area contributed by atoms with Crippen molar-refractivity contribution in [1.29, 1.82) is 0 Å². The SMILES string of the molecule is CSCC(C)CNS(=O)(=O)CCC(=O)O. The van der Waals surface area contributed by atoms with Gasteiger partial charge in [0, 0.05) is 6.54 Å². The van der Waals surface area contributed by atoms with Gasteiger partial charge in [-0.25, -0.2) is 13.1 Å². The minimum Gasteiger partial charge on any atom is -0.481 e. The van der Waals surface area contributed by atoms with Crippen LogP contribution in [0.5, 0.6) is 0 Å². The maximum Gasteiger partial charge on any atom is 0.304 e. The molecule has 1 atom stereocenters. The van der Waals surface area contributed by atoms with Crippen LogP contribution in [0.4, 0.5) is 0 Å². The summed E-state index contributed by atoms with van der Waals surface area (Å²) in [7, 11) is -3.43. The van der Waals surface area contributed by atoms with Gasteiger partial charge in [-0.05, 0) is 17.9 Å². The van der Waals surface area contributed by atoms with E-state index in [2.05, 4.69) is 4.72 Å². The van der Waals surface area contributed by atoms with Crippen molar-refractivity contribution in [3.63, 3.8) is 0 Å². The molecule has 90 valence electrons. The van der Waals surface area contributed by atoms with Gasteiger partial charge in [-0.3, -0.25) is 4.79 Å². The maximum absolute atomic E-state index is 11.3. The summed E-state index contributed by atoms with van der Waals surface area (Å²) >= 11 is 1.65. The first kappa shape index (κ1) is 14.7. The number of thioether (sulfide) groups is 1. The van der Waals surface area contributed by atoms with E-state index in [1.54, 1.807) is 11.8 Å². The molecule has 0 aromatic carbocycles. The van der Waals surface area contributed by atoms with Gasteiger partial charge in [-0.15, -0.1) is 0 Å². The summed E-state index contributed by atoms with van der Waals surface area (Å²) in [5.74, 6) is -0.326. The zero-order chi connectivity index (χ0) is 11.9. The van der Waals surface area contributed by atoms with Gasteiger partial charge in [0.05, 0.1) is 12.2 Å². The predicted molar refractivity (Wildman–Crippen MR) is 61.6 cm³/mol. The molecule has 0 amide bonds. The average Bonchev–Trinajstić information content (AvgIpc) is 2.13. The Morgan fingerprint density at radius 3 is 2.60 bits per heavy atom. The number of sulfonamides is 1. The first-order chi connectivity index (χ1) is 6.87. The van der Waals surface area contributed by atoms with Crippen molar-refractivity contribution in [2.24, 2.45) is 5.92 Å². The molecule has 7 heteroatoms. The third-order valence-electron chi connectivity index (χ3n) is 1.69. The molecular weight excluding hydrogens is 238 g/mol. The molecule has 0 aromatic rings. The molecule has 15 heavy (non-hydrogen) atoms. The largest absolute Gasteiger partial charge is 0.481 e. The van der Waals surface area contributed by atoms with E-state index in [0.717, 1.165) is 5.75 Å².